The molecule has 2 N–H and O–H groups in total. The smallest absolute Gasteiger partial charge is 0.323 e. The Morgan fingerprint density at radius 3 is 2.52 bits per heavy atom. The summed E-state index contributed by atoms with van der Waals surface area (Å²) in [6.07, 6.45) is 3.12. The predicted molar refractivity (Wildman–Crippen MR) is 86.6 cm³/mol. The maximum absolute atomic E-state index is 11.5. The van der Waals surface area contributed by atoms with Gasteiger partial charge in [0.2, 0.25) is 0 Å². The molecule has 0 bridgehead atoms. The number of hydrogen-bond acceptors (Lipinski definition) is 4. The monoisotopic (exact) mass is 299 g/mol. The minimum Gasteiger partial charge on any atom is -0.480 e. The molecule has 5 heteroatoms. The van der Waals surface area contributed by atoms with Gasteiger partial charge in [-0.2, -0.15) is 0 Å². The van der Waals surface area contributed by atoms with Gasteiger partial charge >= 0.3 is 5.97 Å². The van der Waals surface area contributed by atoms with Gasteiger partial charge in [-0.15, -0.1) is 0 Å². The molecular weight excluding hydrogens is 266 g/mol. The summed E-state index contributed by atoms with van der Waals surface area (Å²) < 4.78 is 0. The van der Waals surface area contributed by atoms with Crippen LogP contribution in [-0.2, 0) is 4.79 Å². The average molecular weight is 299 g/mol. The molecule has 1 aliphatic heterocycles. The van der Waals surface area contributed by atoms with E-state index in [4.69, 9.17) is 0 Å². The maximum atomic E-state index is 11.5. The number of likely N-dealkylation sites (tertiary alicyclic amines) is 1. The molecule has 0 aromatic carbocycles. The van der Waals surface area contributed by atoms with Gasteiger partial charge in [0.1, 0.15) is 5.54 Å². The molecule has 0 radical (unpaired) electrons. The molecule has 0 aliphatic carbocycles. The first-order valence-electron chi connectivity index (χ1n) is 8.15. The predicted octanol–water partition coefficient (Wildman–Crippen LogP) is 1.49. The van der Waals surface area contributed by atoms with Gasteiger partial charge < -0.3 is 20.2 Å². The second kappa shape index (κ2) is 8.11. The van der Waals surface area contributed by atoms with Crippen molar-refractivity contribution in [3.05, 3.63) is 0 Å². The van der Waals surface area contributed by atoms with Gasteiger partial charge in [-0.3, -0.25) is 4.79 Å². The summed E-state index contributed by atoms with van der Waals surface area (Å²) in [6, 6.07) is 0.254. The van der Waals surface area contributed by atoms with Gasteiger partial charge in [-0.1, -0.05) is 6.92 Å². The summed E-state index contributed by atoms with van der Waals surface area (Å²) in [6.45, 7) is 9.97. The first-order valence-corrected chi connectivity index (χ1v) is 8.15. The molecule has 1 heterocycles. The number of likely N-dealkylation sites (N-methyl/N-ethyl adjacent to an activating group) is 1. The lowest BCUT2D eigenvalue weighted by molar-refractivity contribution is -0.145. The van der Waals surface area contributed by atoms with E-state index >= 15 is 0 Å². The number of aliphatic carboxylic acids is 1. The number of carboxylic acids is 1. The second-order valence-electron chi connectivity index (χ2n) is 6.91. The summed E-state index contributed by atoms with van der Waals surface area (Å²) in [5.74, 6) is -0.0206. The number of rotatable bonds is 8. The van der Waals surface area contributed by atoms with Crippen LogP contribution in [0.1, 0.15) is 40.0 Å². The molecule has 1 aliphatic rings. The standard InChI is InChI=1S/C16H33N3O2/c1-6-17-16(3,15(20)21)11-13(2)19(5)12-14-7-9-18(4)10-8-14/h13-14,17H,6-12H2,1-5H3,(H,20,21). The van der Waals surface area contributed by atoms with Gasteiger partial charge in [0.25, 0.3) is 0 Å². The highest BCUT2D eigenvalue weighted by atomic mass is 16.4. The van der Waals surface area contributed by atoms with E-state index in [1.165, 1.54) is 25.9 Å². The first-order chi connectivity index (χ1) is 9.78. The fourth-order valence-electron chi connectivity index (χ4n) is 3.20. The van der Waals surface area contributed by atoms with E-state index in [0.29, 0.717) is 13.0 Å². The van der Waals surface area contributed by atoms with Gasteiger partial charge in [0.15, 0.2) is 0 Å². The van der Waals surface area contributed by atoms with Crippen molar-refractivity contribution in [1.29, 1.82) is 0 Å². The molecular formula is C16H33N3O2. The van der Waals surface area contributed by atoms with Crippen LogP contribution in [0.5, 0.6) is 0 Å². The summed E-state index contributed by atoms with van der Waals surface area (Å²) >= 11 is 0. The molecule has 21 heavy (non-hydrogen) atoms. The lowest BCUT2D eigenvalue weighted by atomic mass is 9.91. The van der Waals surface area contributed by atoms with Gasteiger partial charge in [0.05, 0.1) is 0 Å². The molecule has 5 nitrogen and oxygen atoms in total. The fraction of sp³-hybridized carbons (Fsp3) is 0.938. The molecule has 124 valence electrons. The molecule has 1 rings (SSSR count). The van der Waals surface area contributed by atoms with Crippen molar-refractivity contribution in [3.63, 3.8) is 0 Å². The van der Waals surface area contributed by atoms with Crippen LogP contribution in [0.15, 0.2) is 0 Å². The van der Waals surface area contributed by atoms with Crippen LogP contribution in [0, 0.1) is 5.92 Å². The van der Waals surface area contributed by atoms with Crippen molar-refractivity contribution < 1.29 is 9.90 Å². The minimum absolute atomic E-state index is 0.254. The Bertz CT molecular complexity index is 329. The summed E-state index contributed by atoms with van der Waals surface area (Å²) in [5, 5.41) is 12.6. The Balaban J connectivity index is 2.49. The van der Waals surface area contributed by atoms with Crippen LogP contribution >= 0.6 is 0 Å². The molecule has 1 saturated heterocycles. The molecule has 0 saturated carbocycles. The Hall–Kier alpha value is -0.650. The average Bonchev–Trinajstić information content (AvgIpc) is 2.41. The fourth-order valence-corrected chi connectivity index (χ4v) is 3.20. The third-order valence-electron chi connectivity index (χ3n) is 4.88. The Labute approximate surface area is 129 Å². The first kappa shape index (κ1) is 18.4. The third kappa shape index (κ3) is 5.57. The number of nitrogens with one attached hydrogen (secondary N) is 1. The van der Waals surface area contributed by atoms with Crippen molar-refractivity contribution >= 4 is 5.97 Å². The zero-order valence-electron chi connectivity index (χ0n) is 14.4. The van der Waals surface area contributed by atoms with Crippen LogP contribution in [-0.4, -0.2) is 72.7 Å². The Morgan fingerprint density at radius 2 is 2.05 bits per heavy atom. The van der Waals surface area contributed by atoms with Crippen molar-refractivity contribution in [2.45, 2.75) is 51.6 Å². The Kier molecular flexibility index (Phi) is 7.10. The van der Waals surface area contributed by atoms with Crippen molar-refractivity contribution in [3.8, 4) is 0 Å². The normalized spacial score (nSPS) is 22.2. The molecule has 0 aromatic heterocycles. The maximum Gasteiger partial charge on any atom is 0.323 e. The van der Waals surface area contributed by atoms with E-state index in [9.17, 15) is 9.90 Å². The highest BCUT2D eigenvalue weighted by Gasteiger charge is 2.35. The molecule has 2 atom stereocenters. The van der Waals surface area contributed by atoms with Gasteiger partial charge in [-0.05, 0) is 72.8 Å². The highest BCUT2D eigenvalue weighted by Crippen LogP contribution is 2.21. The molecule has 2 unspecified atom stereocenters. The van der Waals surface area contributed by atoms with E-state index in [1.54, 1.807) is 6.92 Å². The summed E-state index contributed by atoms with van der Waals surface area (Å²) in [7, 11) is 4.30. The third-order valence-corrected chi connectivity index (χ3v) is 4.88. The lowest BCUT2D eigenvalue weighted by Gasteiger charge is -2.36. The van der Waals surface area contributed by atoms with Crippen molar-refractivity contribution in [2.24, 2.45) is 5.92 Å². The lowest BCUT2D eigenvalue weighted by Crippen LogP contribution is -2.53. The largest absolute Gasteiger partial charge is 0.480 e. The van der Waals surface area contributed by atoms with Crippen molar-refractivity contribution in [2.75, 3.05) is 40.3 Å². The topological polar surface area (TPSA) is 55.8 Å². The van der Waals surface area contributed by atoms with Crippen LogP contribution < -0.4 is 5.32 Å². The van der Waals surface area contributed by atoms with Crippen LogP contribution in [0.2, 0.25) is 0 Å². The number of hydrogen-bond donors (Lipinski definition) is 2. The molecule has 0 spiro atoms. The van der Waals surface area contributed by atoms with Crippen LogP contribution in [0.25, 0.3) is 0 Å². The quantitative estimate of drug-likeness (QED) is 0.711. The SMILES string of the molecule is CCNC(C)(CC(C)N(C)CC1CCN(C)CC1)C(=O)O. The molecule has 0 aromatic rings. The molecule has 1 fully saturated rings. The van der Waals surface area contributed by atoms with E-state index in [0.717, 1.165) is 12.5 Å². The number of carboxylic acid groups (broad SMARTS) is 1. The zero-order valence-corrected chi connectivity index (χ0v) is 14.4. The van der Waals surface area contributed by atoms with E-state index in [-0.39, 0.29) is 6.04 Å². The highest BCUT2D eigenvalue weighted by molar-refractivity contribution is 5.78. The number of carbonyl (C=O) groups is 1. The molecule has 0 amide bonds. The summed E-state index contributed by atoms with van der Waals surface area (Å²) in [5.41, 5.74) is -0.838. The van der Waals surface area contributed by atoms with Crippen molar-refractivity contribution in [1.82, 2.24) is 15.1 Å². The van der Waals surface area contributed by atoms with E-state index in [1.807, 2.05) is 6.92 Å². The van der Waals surface area contributed by atoms with Gasteiger partial charge in [-0.25, -0.2) is 0 Å². The minimum atomic E-state index is -0.838. The summed E-state index contributed by atoms with van der Waals surface area (Å²) in [4.78, 5) is 16.2. The van der Waals surface area contributed by atoms with Gasteiger partial charge in [0, 0.05) is 12.6 Å². The number of piperidine rings is 1. The Morgan fingerprint density at radius 1 is 1.48 bits per heavy atom. The second-order valence-corrected chi connectivity index (χ2v) is 6.91. The van der Waals surface area contributed by atoms with E-state index < -0.39 is 11.5 Å². The van der Waals surface area contributed by atoms with E-state index in [2.05, 4.69) is 36.1 Å². The van der Waals surface area contributed by atoms with Crippen LogP contribution in [0.3, 0.4) is 0 Å². The number of nitrogens with zero attached hydrogens (tertiary/aromatic N) is 2. The van der Waals surface area contributed by atoms with Crippen LogP contribution in [0.4, 0.5) is 0 Å². The zero-order chi connectivity index (χ0) is 16.0.